The Morgan fingerprint density at radius 2 is 1.95 bits per heavy atom. The highest BCUT2D eigenvalue weighted by Gasteiger charge is 2.13. The Hall–Kier alpha value is -2.60. The molecule has 1 unspecified atom stereocenters. The first kappa shape index (κ1) is 13.8. The van der Waals surface area contributed by atoms with E-state index < -0.39 is 4.92 Å². The number of anilines is 2. The minimum absolute atomic E-state index is 0.0618. The molecule has 0 aliphatic carbocycles. The van der Waals surface area contributed by atoms with E-state index >= 15 is 0 Å². The fourth-order valence-electron chi connectivity index (χ4n) is 1.90. The highest BCUT2D eigenvalue weighted by atomic mass is 16.6. The maximum atomic E-state index is 10.7. The molecule has 0 saturated heterocycles. The van der Waals surface area contributed by atoms with Crippen molar-refractivity contribution in [1.82, 2.24) is 0 Å². The summed E-state index contributed by atoms with van der Waals surface area (Å²) in [5.74, 6) is 0. The molecule has 0 radical (unpaired) electrons. The van der Waals surface area contributed by atoms with Crippen molar-refractivity contribution in [3.05, 3.63) is 64.2 Å². The molecule has 0 aromatic heterocycles. The van der Waals surface area contributed by atoms with Gasteiger partial charge in [-0.25, -0.2) is 0 Å². The highest BCUT2D eigenvalue weighted by molar-refractivity contribution is 5.69. The van der Waals surface area contributed by atoms with Gasteiger partial charge in [0.15, 0.2) is 0 Å². The summed E-state index contributed by atoms with van der Waals surface area (Å²) in [6.07, 6.45) is 0. The van der Waals surface area contributed by atoms with E-state index in [1.54, 1.807) is 6.07 Å². The average molecular weight is 273 g/mol. The molecule has 0 saturated carbocycles. The van der Waals surface area contributed by atoms with Crippen LogP contribution in [-0.2, 0) is 0 Å². The Kier molecular flexibility index (Phi) is 4.17. The van der Waals surface area contributed by atoms with Crippen LogP contribution in [0.3, 0.4) is 0 Å². The lowest BCUT2D eigenvalue weighted by molar-refractivity contribution is -0.384. The molecule has 2 rings (SSSR count). The average Bonchev–Trinajstić information content (AvgIpc) is 2.46. The predicted octanol–water partition coefficient (Wildman–Crippen LogP) is 2.32. The van der Waals surface area contributed by atoms with Crippen molar-refractivity contribution in [1.29, 1.82) is 0 Å². The van der Waals surface area contributed by atoms with Gasteiger partial charge in [0.05, 0.1) is 28.9 Å². The number of hydrogen-bond donors (Lipinski definition) is 3. The zero-order valence-corrected chi connectivity index (χ0v) is 10.7. The quantitative estimate of drug-likeness (QED) is 0.441. The topological polar surface area (TPSA) is 101 Å². The van der Waals surface area contributed by atoms with Crippen LogP contribution in [-0.4, -0.2) is 16.6 Å². The molecule has 1 atom stereocenters. The maximum absolute atomic E-state index is 10.7. The van der Waals surface area contributed by atoms with Crippen LogP contribution in [0.1, 0.15) is 11.6 Å². The van der Waals surface area contributed by atoms with Gasteiger partial charge >= 0.3 is 0 Å². The van der Waals surface area contributed by atoms with Crippen LogP contribution in [0.25, 0.3) is 0 Å². The Balaban J connectivity index is 2.22. The molecule has 4 N–H and O–H groups in total. The molecular weight excluding hydrogens is 258 g/mol. The van der Waals surface area contributed by atoms with Crippen LogP contribution >= 0.6 is 0 Å². The van der Waals surface area contributed by atoms with E-state index in [2.05, 4.69) is 5.32 Å². The number of nitrogens with two attached hydrogens (primary N) is 1. The lowest BCUT2D eigenvalue weighted by Crippen LogP contribution is -2.15. The molecule has 0 spiro atoms. The van der Waals surface area contributed by atoms with E-state index in [9.17, 15) is 15.2 Å². The van der Waals surface area contributed by atoms with Crippen LogP contribution in [0, 0.1) is 10.1 Å². The first-order valence-electron chi connectivity index (χ1n) is 6.08. The number of non-ortho nitro benzene ring substituents is 1. The minimum atomic E-state index is -0.499. The molecule has 2 aromatic rings. The largest absolute Gasteiger partial charge is 0.397 e. The number of nitrogens with one attached hydrogen (secondary N) is 1. The normalized spacial score (nSPS) is 11.8. The van der Waals surface area contributed by atoms with Crippen LogP contribution in [0.15, 0.2) is 48.5 Å². The molecule has 0 bridgehead atoms. The zero-order chi connectivity index (χ0) is 14.5. The second-order valence-electron chi connectivity index (χ2n) is 4.32. The van der Waals surface area contributed by atoms with Gasteiger partial charge in [-0.05, 0) is 11.6 Å². The van der Waals surface area contributed by atoms with E-state index in [4.69, 9.17) is 5.73 Å². The van der Waals surface area contributed by atoms with E-state index in [1.807, 2.05) is 30.3 Å². The van der Waals surface area contributed by atoms with E-state index in [-0.39, 0.29) is 24.0 Å². The molecule has 6 heteroatoms. The van der Waals surface area contributed by atoms with Crippen molar-refractivity contribution in [2.45, 2.75) is 6.04 Å². The summed E-state index contributed by atoms with van der Waals surface area (Å²) in [4.78, 5) is 10.2. The van der Waals surface area contributed by atoms with E-state index in [0.717, 1.165) is 5.56 Å². The molecule has 20 heavy (non-hydrogen) atoms. The monoisotopic (exact) mass is 273 g/mol. The van der Waals surface area contributed by atoms with Gasteiger partial charge in [-0.2, -0.15) is 0 Å². The number of aliphatic hydroxyl groups is 1. The van der Waals surface area contributed by atoms with E-state index in [1.165, 1.54) is 12.1 Å². The van der Waals surface area contributed by atoms with Crippen molar-refractivity contribution in [2.24, 2.45) is 0 Å². The van der Waals surface area contributed by atoms with Gasteiger partial charge in [-0.3, -0.25) is 10.1 Å². The molecule has 0 aliphatic rings. The van der Waals surface area contributed by atoms with Gasteiger partial charge in [-0.1, -0.05) is 30.3 Å². The van der Waals surface area contributed by atoms with Crippen LogP contribution in [0.5, 0.6) is 0 Å². The molecule has 2 aromatic carbocycles. The first-order chi connectivity index (χ1) is 9.61. The number of nitro benzene ring substituents is 1. The summed E-state index contributed by atoms with van der Waals surface area (Å²) in [5.41, 5.74) is 7.47. The standard InChI is InChI=1S/C14H15N3O3/c15-12-8-11(17(19)20)6-7-13(12)16-14(9-18)10-4-2-1-3-5-10/h1-8,14,16,18H,9,15H2. The van der Waals surface area contributed by atoms with E-state index in [0.29, 0.717) is 5.69 Å². The van der Waals surface area contributed by atoms with Crippen molar-refractivity contribution in [3.63, 3.8) is 0 Å². The highest BCUT2D eigenvalue weighted by Crippen LogP contribution is 2.27. The second kappa shape index (κ2) is 6.03. The number of aliphatic hydroxyl groups excluding tert-OH is 1. The fourth-order valence-corrected chi connectivity index (χ4v) is 1.90. The summed E-state index contributed by atoms with van der Waals surface area (Å²) >= 11 is 0. The van der Waals surface area contributed by atoms with Crippen molar-refractivity contribution in [3.8, 4) is 0 Å². The molecule has 0 aliphatic heterocycles. The Labute approximate surface area is 116 Å². The Bertz CT molecular complexity index is 602. The second-order valence-corrected chi connectivity index (χ2v) is 4.32. The summed E-state index contributed by atoms with van der Waals surface area (Å²) in [5, 5.41) is 23.2. The van der Waals surface area contributed by atoms with Gasteiger partial charge in [0.2, 0.25) is 0 Å². The molecule has 0 heterocycles. The van der Waals surface area contributed by atoms with Gasteiger partial charge in [-0.15, -0.1) is 0 Å². The van der Waals surface area contributed by atoms with Crippen molar-refractivity contribution < 1.29 is 10.0 Å². The zero-order valence-electron chi connectivity index (χ0n) is 10.7. The van der Waals surface area contributed by atoms with Crippen molar-refractivity contribution in [2.75, 3.05) is 17.7 Å². The lowest BCUT2D eigenvalue weighted by Gasteiger charge is -2.19. The van der Waals surface area contributed by atoms with Crippen LogP contribution in [0.2, 0.25) is 0 Å². The number of benzene rings is 2. The van der Waals surface area contributed by atoms with Crippen LogP contribution in [0.4, 0.5) is 17.1 Å². The van der Waals surface area contributed by atoms with Gasteiger partial charge in [0.25, 0.3) is 5.69 Å². The Morgan fingerprint density at radius 1 is 1.25 bits per heavy atom. The molecule has 104 valence electrons. The fraction of sp³-hybridized carbons (Fsp3) is 0.143. The van der Waals surface area contributed by atoms with Gasteiger partial charge in [0, 0.05) is 12.1 Å². The minimum Gasteiger partial charge on any atom is -0.397 e. The summed E-state index contributed by atoms with van der Waals surface area (Å²) in [7, 11) is 0. The number of nitrogen functional groups attached to an aromatic ring is 1. The van der Waals surface area contributed by atoms with Gasteiger partial charge in [0.1, 0.15) is 0 Å². The number of hydrogen-bond acceptors (Lipinski definition) is 5. The van der Waals surface area contributed by atoms with Crippen molar-refractivity contribution >= 4 is 17.1 Å². The Morgan fingerprint density at radius 3 is 2.50 bits per heavy atom. The third-order valence-electron chi connectivity index (χ3n) is 2.96. The third-order valence-corrected chi connectivity index (χ3v) is 2.96. The first-order valence-corrected chi connectivity index (χ1v) is 6.08. The maximum Gasteiger partial charge on any atom is 0.271 e. The predicted molar refractivity (Wildman–Crippen MR) is 77.4 cm³/mol. The number of nitro groups is 1. The summed E-state index contributed by atoms with van der Waals surface area (Å²) in [6, 6.07) is 13.3. The van der Waals surface area contributed by atoms with Crippen LogP contribution < -0.4 is 11.1 Å². The third kappa shape index (κ3) is 3.04. The lowest BCUT2D eigenvalue weighted by atomic mass is 10.1. The van der Waals surface area contributed by atoms with Gasteiger partial charge < -0.3 is 16.2 Å². The molecular formula is C14H15N3O3. The molecule has 6 nitrogen and oxygen atoms in total. The smallest absolute Gasteiger partial charge is 0.271 e. The SMILES string of the molecule is Nc1cc([N+](=O)[O-])ccc1NC(CO)c1ccccc1. The number of nitrogens with zero attached hydrogens (tertiary/aromatic N) is 1. The molecule has 0 fully saturated rings. The number of rotatable bonds is 5. The molecule has 0 amide bonds. The summed E-state index contributed by atoms with van der Waals surface area (Å²) in [6.45, 7) is -0.111. The summed E-state index contributed by atoms with van der Waals surface area (Å²) < 4.78 is 0.